The molecule has 0 N–H and O–H groups in total. The van der Waals surface area contributed by atoms with Crippen molar-refractivity contribution < 1.29 is 4.79 Å². The average molecular weight is 214 g/mol. The Morgan fingerprint density at radius 1 is 1.25 bits per heavy atom. The Morgan fingerprint density at radius 3 is 2.56 bits per heavy atom. The van der Waals surface area contributed by atoms with E-state index in [2.05, 4.69) is 32.9 Å². The van der Waals surface area contributed by atoms with E-state index in [9.17, 15) is 4.79 Å². The van der Waals surface area contributed by atoms with Crippen LogP contribution in [0.4, 0.5) is 0 Å². The molecule has 0 bridgehead atoms. The van der Waals surface area contributed by atoms with E-state index in [0.717, 1.165) is 0 Å². The van der Waals surface area contributed by atoms with Gasteiger partial charge < -0.3 is 0 Å². The molecular formula is C15H18O. The summed E-state index contributed by atoms with van der Waals surface area (Å²) in [6, 6.07) is 0. The van der Waals surface area contributed by atoms with Crippen molar-refractivity contribution in [1.29, 1.82) is 0 Å². The van der Waals surface area contributed by atoms with Crippen LogP contribution < -0.4 is 0 Å². The van der Waals surface area contributed by atoms with Crippen LogP contribution in [0.1, 0.15) is 27.7 Å². The molecule has 0 amide bonds. The topological polar surface area (TPSA) is 17.1 Å². The van der Waals surface area contributed by atoms with Crippen molar-refractivity contribution in [2.24, 2.45) is 11.3 Å². The van der Waals surface area contributed by atoms with Crippen molar-refractivity contribution in [2.75, 3.05) is 0 Å². The van der Waals surface area contributed by atoms with E-state index in [0.29, 0.717) is 5.92 Å². The quantitative estimate of drug-likeness (QED) is 0.651. The molecule has 0 aromatic rings. The molecule has 84 valence electrons. The van der Waals surface area contributed by atoms with Crippen LogP contribution in [0, 0.1) is 11.3 Å². The highest BCUT2D eigenvalue weighted by molar-refractivity contribution is 6.04. The first-order valence-electron chi connectivity index (χ1n) is 5.80. The Labute approximate surface area is 97.2 Å². The van der Waals surface area contributed by atoms with Crippen LogP contribution in [0.25, 0.3) is 0 Å². The number of allylic oxidation sites excluding steroid dienone is 8. The smallest absolute Gasteiger partial charge is 0.170 e. The van der Waals surface area contributed by atoms with Crippen LogP contribution >= 0.6 is 0 Å². The third-order valence-corrected chi connectivity index (χ3v) is 3.48. The fourth-order valence-corrected chi connectivity index (χ4v) is 2.29. The molecule has 0 heterocycles. The van der Waals surface area contributed by atoms with Gasteiger partial charge in [0.1, 0.15) is 0 Å². The standard InChI is InChI=1S/C15H18O/c1-10(2)12-9-14(16)15(4)8-7-11(3)5-6-13(12)15/h5-10H,1-4H3/t15-/m1/s1. The first-order chi connectivity index (χ1) is 7.45. The number of carbonyl (C=O) groups is 1. The second-order valence-corrected chi connectivity index (χ2v) is 5.15. The van der Waals surface area contributed by atoms with Crippen LogP contribution in [0.2, 0.25) is 0 Å². The Kier molecular flexibility index (Phi) is 2.49. The molecule has 0 fully saturated rings. The minimum atomic E-state index is -0.437. The summed E-state index contributed by atoms with van der Waals surface area (Å²) in [6.45, 7) is 8.34. The molecule has 1 nitrogen and oxygen atoms in total. The average Bonchev–Trinajstić information content (AvgIpc) is 2.36. The van der Waals surface area contributed by atoms with Crippen molar-refractivity contribution in [3.05, 3.63) is 47.1 Å². The second kappa shape index (κ2) is 3.58. The highest BCUT2D eigenvalue weighted by atomic mass is 16.1. The Morgan fingerprint density at radius 2 is 1.94 bits per heavy atom. The predicted octanol–water partition coefficient (Wildman–Crippen LogP) is 3.60. The maximum Gasteiger partial charge on any atom is 0.170 e. The molecule has 1 atom stereocenters. The summed E-state index contributed by atoms with van der Waals surface area (Å²) in [5.74, 6) is 0.610. The highest BCUT2D eigenvalue weighted by Crippen LogP contribution is 2.44. The molecule has 0 radical (unpaired) electrons. The van der Waals surface area contributed by atoms with Crippen molar-refractivity contribution in [3.63, 3.8) is 0 Å². The normalized spacial score (nSPS) is 28.6. The van der Waals surface area contributed by atoms with Gasteiger partial charge in [0.15, 0.2) is 5.78 Å². The summed E-state index contributed by atoms with van der Waals surface area (Å²) in [5, 5.41) is 0. The van der Waals surface area contributed by atoms with Gasteiger partial charge in [-0.1, -0.05) is 43.7 Å². The van der Waals surface area contributed by atoms with Gasteiger partial charge in [0.05, 0.1) is 5.41 Å². The molecule has 0 unspecified atom stereocenters. The minimum Gasteiger partial charge on any atom is -0.293 e. The van der Waals surface area contributed by atoms with E-state index in [4.69, 9.17) is 0 Å². The van der Waals surface area contributed by atoms with Gasteiger partial charge in [-0.15, -0.1) is 0 Å². The first-order valence-corrected chi connectivity index (χ1v) is 5.80. The Balaban J connectivity index is 2.57. The van der Waals surface area contributed by atoms with Crippen molar-refractivity contribution in [2.45, 2.75) is 27.7 Å². The van der Waals surface area contributed by atoms with E-state index in [1.54, 1.807) is 0 Å². The fraction of sp³-hybridized carbons (Fsp3) is 0.400. The lowest BCUT2D eigenvalue weighted by atomic mass is 9.79. The molecule has 1 heteroatoms. The summed E-state index contributed by atoms with van der Waals surface area (Å²) >= 11 is 0. The van der Waals surface area contributed by atoms with Gasteiger partial charge in [0, 0.05) is 0 Å². The number of hydrogen-bond acceptors (Lipinski definition) is 1. The molecule has 2 aliphatic carbocycles. The van der Waals surface area contributed by atoms with Gasteiger partial charge in [-0.25, -0.2) is 0 Å². The number of carbonyl (C=O) groups excluding carboxylic acids is 1. The monoisotopic (exact) mass is 214 g/mol. The highest BCUT2D eigenvalue weighted by Gasteiger charge is 2.41. The zero-order chi connectivity index (χ0) is 11.9. The van der Waals surface area contributed by atoms with Crippen LogP contribution in [0.15, 0.2) is 47.1 Å². The predicted molar refractivity (Wildman–Crippen MR) is 67.0 cm³/mol. The number of rotatable bonds is 1. The maximum atomic E-state index is 12.1. The second-order valence-electron chi connectivity index (χ2n) is 5.15. The molecule has 0 aromatic carbocycles. The third-order valence-electron chi connectivity index (χ3n) is 3.48. The summed E-state index contributed by atoms with van der Waals surface area (Å²) in [4.78, 5) is 12.1. The van der Waals surface area contributed by atoms with Crippen molar-refractivity contribution in [3.8, 4) is 0 Å². The SMILES string of the molecule is CC1=CC=C2C(C(C)C)=CC(=O)[C@]2(C)C=C1. The molecule has 16 heavy (non-hydrogen) atoms. The lowest BCUT2D eigenvalue weighted by molar-refractivity contribution is -0.118. The molecule has 0 aromatic heterocycles. The van der Waals surface area contributed by atoms with Gasteiger partial charge >= 0.3 is 0 Å². The zero-order valence-corrected chi connectivity index (χ0v) is 10.4. The molecule has 0 saturated carbocycles. The van der Waals surface area contributed by atoms with Gasteiger partial charge in [0.25, 0.3) is 0 Å². The van der Waals surface area contributed by atoms with E-state index < -0.39 is 5.41 Å². The molecule has 2 rings (SSSR count). The molecule has 0 spiro atoms. The van der Waals surface area contributed by atoms with Crippen LogP contribution in [0.3, 0.4) is 0 Å². The number of ketones is 1. The summed E-state index contributed by atoms with van der Waals surface area (Å²) < 4.78 is 0. The molecule has 0 saturated heterocycles. The molecule has 0 aliphatic heterocycles. The maximum absolute atomic E-state index is 12.1. The largest absolute Gasteiger partial charge is 0.293 e. The molecular weight excluding hydrogens is 196 g/mol. The van der Waals surface area contributed by atoms with Crippen molar-refractivity contribution in [1.82, 2.24) is 0 Å². The fourth-order valence-electron chi connectivity index (χ4n) is 2.29. The van der Waals surface area contributed by atoms with Crippen LogP contribution in [-0.2, 0) is 4.79 Å². The van der Waals surface area contributed by atoms with Gasteiger partial charge in [-0.2, -0.15) is 0 Å². The number of fused-ring (bicyclic) bond motifs is 1. The Bertz CT molecular complexity index is 458. The molecule has 2 aliphatic rings. The van der Waals surface area contributed by atoms with Gasteiger partial charge in [-0.05, 0) is 37.0 Å². The Hall–Kier alpha value is -1.37. The zero-order valence-electron chi connectivity index (χ0n) is 10.4. The van der Waals surface area contributed by atoms with E-state index in [1.165, 1.54) is 16.7 Å². The number of hydrogen-bond donors (Lipinski definition) is 0. The third kappa shape index (κ3) is 1.51. The van der Waals surface area contributed by atoms with Gasteiger partial charge in [-0.3, -0.25) is 4.79 Å². The minimum absolute atomic E-state index is 0.210. The lowest BCUT2D eigenvalue weighted by Crippen LogP contribution is -2.21. The van der Waals surface area contributed by atoms with Crippen LogP contribution in [-0.4, -0.2) is 5.78 Å². The van der Waals surface area contributed by atoms with E-state index in [1.807, 2.05) is 25.2 Å². The summed E-state index contributed by atoms with van der Waals surface area (Å²) in [5.41, 5.74) is 3.11. The lowest BCUT2D eigenvalue weighted by Gasteiger charge is -2.22. The first kappa shape index (κ1) is 11.1. The summed E-state index contributed by atoms with van der Waals surface area (Å²) in [7, 11) is 0. The summed E-state index contributed by atoms with van der Waals surface area (Å²) in [6.07, 6.45) is 10.1. The van der Waals surface area contributed by atoms with E-state index >= 15 is 0 Å². The van der Waals surface area contributed by atoms with E-state index in [-0.39, 0.29) is 5.78 Å². The van der Waals surface area contributed by atoms with Gasteiger partial charge in [0.2, 0.25) is 0 Å². The van der Waals surface area contributed by atoms with Crippen molar-refractivity contribution >= 4 is 5.78 Å². The van der Waals surface area contributed by atoms with Crippen LogP contribution in [0.5, 0.6) is 0 Å².